The minimum atomic E-state index is -0.815. The van der Waals surface area contributed by atoms with Crippen LogP contribution in [0.25, 0.3) is 0 Å². The van der Waals surface area contributed by atoms with Crippen LogP contribution in [0, 0.1) is 16.7 Å². The lowest BCUT2D eigenvalue weighted by Crippen LogP contribution is -2.43. The van der Waals surface area contributed by atoms with Crippen molar-refractivity contribution in [2.75, 3.05) is 6.61 Å². The highest BCUT2D eigenvalue weighted by Gasteiger charge is 2.59. The molecule has 0 unspecified atom stereocenters. The maximum absolute atomic E-state index is 12.2. The van der Waals surface area contributed by atoms with Gasteiger partial charge in [-0.3, -0.25) is 9.59 Å². The van der Waals surface area contributed by atoms with Crippen molar-refractivity contribution in [2.45, 2.75) is 53.4 Å². The molecule has 1 saturated carbocycles. The largest absolute Gasteiger partial charge is 0.481 e. The van der Waals surface area contributed by atoms with Crippen LogP contribution in [0.1, 0.15) is 53.4 Å². The number of aliphatic carboxylic acids is 1. The van der Waals surface area contributed by atoms with E-state index in [1.54, 1.807) is 0 Å². The molecule has 4 heteroatoms. The molecule has 0 aliphatic heterocycles. The quantitative estimate of drug-likeness (QED) is 0.607. The highest BCUT2D eigenvalue weighted by molar-refractivity contribution is 5.81. The summed E-state index contributed by atoms with van der Waals surface area (Å²) in [5.41, 5.74) is -1.26. The standard InChI is InChI=1S/C14H24O4/c1-5-6-9-18-12(17)14(4)8-7-10(11(15)16)13(14,2)3/h10H,5-9H2,1-4H3,(H,15,16)/t10-,14+/m1/s1. The van der Waals surface area contributed by atoms with E-state index < -0.39 is 22.7 Å². The molecule has 2 atom stereocenters. The van der Waals surface area contributed by atoms with Gasteiger partial charge in [0.15, 0.2) is 0 Å². The Morgan fingerprint density at radius 1 is 1.33 bits per heavy atom. The van der Waals surface area contributed by atoms with Crippen LogP contribution in [0.4, 0.5) is 0 Å². The molecule has 4 nitrogen and oxygen atoms in total. The Bertz CT molecular complexity index is 335. The first-order valence-corrected chi connectivity index (χ1v) is 6.67. The molecular weight excluding hydrogens is 232 g/mol. The van der Waals surface area contributed by atoms with Crippen molar-refractivity contribution in [3.8, 4) is 0 Å². The van der Waals surface area contributed by atoms with E-state index in [9.17, 15) is 14.7 Å². The molecule has 0 bridgehead atoms. The molecule has 18 heavy (non-hydrogen) atoms. The Morgan fingerprint density at radius 3 is 2.39 bits per heavy atom. The third kappa shape index (κ3) is 2.38. The molecule has 0 heterocycles. The van der Waals surface area contributed by atoms with E-state index in [1.165, 1.54) is 0 Å². The molecule has 0 aromatic heterocycles. The molecule has 0 spiro atoms. The van der Waals surface area contributed by atoms with Crippen molar-refractivity contribution in [3.63, 3.8) is 0 Å². The van der Waals surface area contributed by atoms with Crippen molar-refractivity contribution < 1.29 is 19.4 Å². The molecule has 0 aromatic rings. The van der Waals surface area contributed by atoms with E-state index in [-0.39, 0.29) is 5.97 Å². The molecule has 1 N–H and O–H groups in total. The minimum absolute atomic E-state index is 0.246. The zero-order valence-corrected chi connectivity index (χ0v) is 11.8. The zero-order valence-electron chi connectivity index (χ0n) is 11.8. The number of hydrogen-bond donors (Lipinski definition) is 1. The Labute approximate surface area is 109 Å². The molecule has 1 rings (SSSR count). The number of carbonyl (C=O) groups excluding carboxylic acids is 1. The average Bonchev–Trinajstić information content (AvgIpc) is 2.51. The van der Waals surface area contributed by atoms with Gasteiger partial charge in [0.1, 0.15) is 0 Å². The summed E-state index contributed by atoms with van der Waals surface area (Å²) in [6.07, 6.45) is 2.96. The number of rotatable bonds is 5. The zero-order chi connectivity index (χ0) is 14.0. The second kappa shape index (κ2) is 5.29. The Kier molecular flexibility index (Phi) is 4.41. The second-order valence-electron chi connectivity index (χ2n) is 5.97. The predicted octanol–water partition coefficient (Wildman–Crippen LogP) is 2.86. The molecule has 104 valence electrons. The van der Waals surface area contributed by atoms with Crippen molar-refractivity contribution >= 4 is 11.9 Å². The highest BCUT2D eigenvalue weighted by Crippen LogP contribution is 2.56. The van der Waals surface area contributed by atoms with Gasteiger partial charge in [0.05, 0.1) is 17.9 Å². The van der Waals surface area contributed by atoms with E-state index in [0.717, 1.165) is 12.8 Å². The van der Waals surface area contributed by atoms with Crippen molar-refractivity contribution in [1.82, 2.24) is 0 Å². The fourth-order valence-corrected chi connectivity index (χ4v) is 2.77. The third-order valence-corrected chi connectivity index (χ3v) is 4.71. The van der Waals surface area contributed by atoms with Gasteiger partial charge in [0.25, 0.3) is 0 Å². The predicted molar refractivity (Wildman–Crippen MR) is 68.1 cm³/mol. The lowest BCUT2D eigenvalue weighted by Gasteiger charge is -2.38. The Hall–Kier alpha value is -1.06. The van der Waals surface area contributed by atoms with E-state index >= 15 is 0 Å². The maximum Gasteiger partial charge on any atom is 0.312 e. The van der Waals surface area contributed by atoms with Gasteiger partial charge in [-0.15, -0.1) is 0 Å². The second-order valence-corrected chi connectivity index (χ2v) is 5.97. The van der Waals surface area contributed by atoms with Crippen molar-refractivity contribution in [3.05, 3.63) is 0 Å². The van der Waals surface area contributed by atoms with Gasteiger partial charge in [0, 0.05) is 0 Å². The van der Waals surface area contributed by atoms with E-state index in [2.05, 4.69) is 0 Å². The molecule has 0 aromatic carbocycles. The van der Waals surface area contributed by atoms with Crippen LogP contribution in [-0.4, -0.2) is 23.7 Å². The number of ether oxygens (including phenoxy) is 1. The number of esters is 1. The summed E-state index contributed by atoms with van der Waals surface area (Å²) in [4.78, 5) is 23.4. The number of hydrogen-bond acceptors (Lipinski definition) is 3. The third-order valence-electron chi connectivity index (χ3n) is 4.71. The summed E-state index contributed by atoms with van der Waals surface area (Å²) < 4.78 is 5.30. The number of carboxylic acids is 1. The van der Waals surface area contributed by atoms with Gasteiger partial charge in [-0.25, -0.2) is 0 Å². The average molecular weight is 256 g/mol. The number of carboxylic acid groups (broad SMARTS) is 1. The van der Waals surface area contributed by atoms with Crippen LogP contribution in [0.15, 0.2) is 0 Å². The van der Waals surface area contributed by atoms with Crippen LogP contribution in [0.5, 0.6) is 0 Å². The molecule has 1 fully saturated rings. The van der Waals surface area contributed by atoms with Crippen molar-refractivity contribution in [2.24, 2.45) is 16.7 Å². The van der Waals surface area contributed by atoms with Gasteiger partial charge < -0.3 is 9.84 Å². The van der Waals surface area contributed by atoms with Gasteiger partial charge in [0.2, 0.25) is 0 Å². The van der Waals surface area contributed by atoms with Crippen LogP contribution in [-0.2, 0) is 14.3 Å². The summed E-state index contributed by atoms with van der Waals surface area (Å²) in [6.45, 7) is 8.03. The van der Waals surface area contributed by atoms with Gasteiger partial charge in [-0.1, -0.05) is 27.2 Å². The number of carbonyl (C=O) groups is 2. The number of unbranched alkanes of at least 4 members (excludes halogenated alkanes) is 1. The molecule has 0 radical (unpaired) electrons. The highest BCUT2D eigenvalue weighted by atomic mass is 16.5. The Balaban J connectivity index is 2.80. The summed E-state index contributed by atoms with van der Waals surface area (Å²) in [7, 11) is 0. The monoisotopic (exact) mass is 256 g/mol. The van der Waals surface area contributed by atoms with Crippen LogP contribution >= 0.6 is 0 Å². The normalized spacial score (nSPS) is 30.1. The summed E-state index contributed by atoms with van der Waals surface area (Å²) in [5, 5.41) is 9.22. The van der Waals surface area contributed by atoms with E-state index in [0.29, 0.717) is 19.4 Å². The van der Waals surface area contributed by atoms with E-state index in [4.69, 9.17) is 4.74 Å². The van der Waals surface area contributed by atoms with Crippen LogP contribution < -0.4 is 0 Å². The molecule has 1 aliphatic carbocycles. The van der Waals surface area contributed by atoms with Gasteiger partial charge >= 0.3 is 11.9 Å². The van der Waals surface area contributed by atoms with Crippen LogP contribution in [0.3, 0.4) is 0 Å². The SMILES string of the molecule is CCCCOC(=O)[C@]1(C)CC[C@H](C(=O)O)C1(C)C. The van der Waals surface area contributed by atoms with Crippen LogP contribution in [0.2, 0.25) is 0 Å². The summed E-state index contributed by atoms with van der Waals surface area (Å²) >= 11 is 0. The lowest BCUT2D eigenvalue weighted by atomic mass is 9.66. The first kappa shape index (κ1) is 15.0. The lowest BCUT2D eigenvalue weighted by molar-refractivity contribution is -0.163. The smallest absolute Gasteiger partial charge is 0.312 e. The van der Waals surface area contributed by atoms with Gasteiger partial charge in [-0.05, 0) is 31.6 Å². The molecule has 1 aliphatic rings. The fourth-order valence-electron chi connectivity index (χ4n) is 2.77. The molecule has 0 amide bonds. The maximum atomic E-state index is 12.2. The first-order valence-electron chi connectivity index (χ1n) is 6.67. The molecule has 0 saturated heterocycles. The Morgan fingerprint density at radius 2 is 1.94 bits per heavy atom. The first-order chi connectivity index (χ1) is 8.27. The van der Waals surface area contributed by atoms with Gasteiger partial charge in [-0.2, -0.15) is 0 Å². The summed E-state index contributed by atoms with van der Waals surface area (Å²) in [6, 6.07) is 0. The fraction of sp³-hybridized carbons (Fsp3) is 0.857. The molecular formula is C14H24O4. The summed E-state index contributed by atoms with van der Waals surface area (Å²) in [5.74, 6) is -1.53. The minimum Gasteiger partial charge on any atom is -0.481 e. The topological polar surface area (TPSA) is 63.6 Å². The van der Waals surface area contributed by atoms with E-state index in [1.807, 2.05) is 27.7 Å². The van der Waals surface area contributed by atoms with Crippen molar-refractivity contribution in [1.29, 1.82) is 0 Å².